The van der Waals surface area contributed by atoms with Crippen molar-refractivity contribution in [2.45, 2.75) is 20.3 Å². The van der Waals surface area contributed by atoms with E-state index in [4.69, 9.17) is 5.73 Å². The van der Waals surface area contributed by atoms with Crippen LogP contribution >= 0.6 is 0 Å². The predicted octanol–water partition coefficient (Wildman–Crippen LogP) is 2.50. The number of nitro benzene ring substituents is 1. The van der Waals surface area contributed by atoms with Crippen molar-refractivity contribution in [1.29, 1.82) is 0 Å². The maximum absolute atomic E-state index is 10.8. The number of aryl methyl sites for hydroxylation is 2. The monoisotopic (exact) mass is 258 g/mol. The summed E-state index contributed by atoms with van der Waals surface area (Å²) in [6.45, 7) is 3.82. The number of anilines is 1. The summed E-state index contributed by atoms with van der Waals surface area (Å²) in [4.78, 5) is 18.9. The summed E-state index contributed by atoms with van der Waals surface area (Å²) in [6.07, 6.45) is 0.730. The summed E-state index contributed by atoms with van der Waals surface area (Å²) in [5.74, 6) is 0.797. The summed E-state index contributed by atoms with van der Waals surface area (Å²) < 4.78 is 0. The highest BCUT2D eigenvalue weighted by Gasteiger charge is 2.13. The third kappa shape index (κ3) is 2.67. The highest BCUT2D eigenvalue weighted by molar-refractivity contribution is 5.64. The molecule has 0 aliphatic rings. The molecule has 1 aromatic carbocycles. The van der Waals surface area contributed by atoms with E-state index in [1.165, 1.54) is 12.1 Å². The normalized spacial score (nSPS) is 10.4. The number of nitrogen functional groups attached to an aromatic ring is 1. The molecule has 0 radical (unpaired) electrons. The maximum Gasteiger partial charge on any atom is 0.270 e. The van der Waals surface area contributed by atoms with Crippen LogP contribution in [0.15, 0.2) is 24.3 Å². The zero-order chi connectivity index (χ0) is 14.0. The molecule has 0 amide bonds. The van der Waals surface area contributed by atoms with Crippen LogP contribution in [-0.2, 0) is 6.42 Å². The summed E-state index contributed by atoms with van der Waals surface area (Å²) in [7, 11) is 0. The quantitative estimate of drug-likeness (QED) is 0.674. The second kappa shape index (κ2) is 5.01. The predicted molar refractivity (Wildman–Crippen MR) is 72.6 cm³/mol. The van der Waals surface area contributed by atoms with Crippen LogP contribution in [0.4, 0.5) is 11.5 Å². The van der Waals surface area contributed by atoms with Crippen LogP contribution in [0.1, 0.15) is 18.2 Å². The second-order valence-corrected chi connectivity index (χ2v) is 4.22. The van der Waals surface area contributed by atoms with Crippen LogP contribution in [0.2, 0.25) is 0 Å². The van der Waals surface area contributed by atoms with E-state index in [0.717, 1.165) is 17.7 Å². The Bertz CT molecular complexity index is 641. The van der Waals surface area contributed by atoms with Crippen LogP contribution < -0.4 is 5.73 Å². The fourth-order valence-corrected chi connectivity index (χ4v) is 1.78. The molecule has 0 fully saturated rings. The van der Waals surface area contributed by atoms with E-state index in [0.29, 0.717) is 17.2 Å². The fourth-order valence-electron chi connectivity index (χ4n) is 1.78. The number of nitrogens with zero attached hydrogens (tertiary/aromatic N) is 3. The number of benzene rings is 1. The van der Waals surface area contributed by atoms with Gasteiger partial charge < -0.3 is 5.73 Å². The molecule has 0 unspecified atom stereocenters. The third-order valence-corrected chi connectivity index (χ3v) is 2.83. The molecule has 0 saturated heterocycles. The summed E-state index contributed by atoms with van der Waals surface area (Å²) in [5.41, 5.74) is 8.08. The van der Waals surface area contributed by atoms with Gasteiger partial charge >= 0.3 is 0 Å². The van der Waals surface area contributed by atoms with Gasteiger partial charge in [0.2, 0.25) is 0 Å². The van der Waals surface area contributed by atoms with Crippen molar-refractivity contribution in [3.8, 4) is 11.4 Å². The van der Waals surface area contributed by atoms with Crippen molar-refractivity contribution >= 4 is 11.5 Å². The molecular weight excluding hydrogens is 244 g/mol. The number of rotatable bonds is 3. The minimum atomic E-state index is -0.435. The lowest BCUT2D eigenvalue weighted by molar-refractivity contribution is -0.384. The molecule has 0 saturated carbocycles. The van der Waals surface area contributed by atoms with E-state index < -0.39 is 4.92 Å². The van der Waals surface area contributed by atoms with Crippen molar-refractivity contribution in [1.82, 2.24) is 9.97 Å². The average Bonchev–Trinajstić information content (AvgIpc) is 2.38. The third-order valence-electron chi connectivity index (χ3n) is 2.83. The highest BCUT2D eigenvalue weighted by atomic mass is 16.6. The van der Waals surface area contributed by atoms with Crippen molar-refractivity contribution in [2.75, 3.05) is 5.73 Å². The number of aromatic nitrogens is 2. The molecule has 6 nitrogen and oxygen atoms in total. The number of nitrogens with two attached hydrogens (primary N) is 1. The molecule has 0 bridgehead atoms. The van der Waals surface area contributed by atoms with E-state index in [-0.39, 0.29) is 5.69 Å². The van der Waals surface area contributed by atoms with Gasteiger partial charge in [-0.2, -0.15) is 0 Å². The van der Waals surface area contributed by atoms with E-state index in [1.54, 1.807) is 12.1 Å². The molecule has 19 heavy (non-hydrogen) atoms. The van der Waals surface area contributed by atoms with Crippen molar-refractivity contribution < 1.29 is 4.92 Å². The molecule has 6 heteroatoms. The Hall–Kier alpha value is -2.50. The second-order valence-electron chi connectivity index (χ2n) is 4.22. The van der Waals surface area contributed by atoms with Gasteiger partial charge in [-0.05, 0) is 18.9 Å². The number of nitro groups is 1. The first-order valence-corrected chi connectivity index (χ1v) is 5.90. The van der Waals surface area contributed by atoms with Gasteiger partial charge in [-0.3, -0.25) is 10.1 Å². The SMILES string of the molecule is CCc1cc(N)nc(-c2cc([N+](=O)[O-])ccc2C)n1. The van der Waals surface area contributed by atoms with E-state index >= 15 is 0 Å². The molecule has 2 N–H and O–H groups in total. The van der Waals surface area contributed by atoms with E-state index in [2.05, 4.69) is 9.97 Å². The van der Waals surface area contributed by atoms with Crippen LogP contribution in [0.25, 0.3) is 11.4 Å². The first kappa shape index (κ1) is 12.9. The average molecular weight is 258 g/mol. The topological polar surface area (TPSA) is 94.9 Å². The van der Waals surface area contributed by atoms with E-state index in [1.807, 2.05) is 13.8 Å². The Morgan fingerprint density at radius 2 is 2.05 bits per heavy atom. The minimum absolute atomic E-state index is 0.0182. The minimum Gasteiger partial charge on any atom is -0.384 e. The lowest BCUT2D eigenvalue weighted by Crippen LogP contribution is -2.01. The van der Waals surface area contributed by atoms with Crippen molar-refractivity contribution in [3.63, 3.8) is 0 Å². The smallest absolute Gasteiger partial charge is 0.270 e. The summed E-state index contributed by atoms with van der Waals surface area (Å²) >= 11 is 0. The number of non-ortho nitro benzene ring substituents is 1. The van der Waals surface area contributed by atoms with Gasteiger partial charge in [0.15, 0.2) is 5.82 Å². The fraction of sp³-hybridized carbons (Fsp3) is 0.231. The Morgan fingerprint density at radius 1 is 1.32 bits per heavy atom. The first-order chi connectivity index (χ1) is 9.01. The molecule has 98 valence electrons. The van der Waals surface area contributed by atoms with Gasteiger partial charge in [0, 0.05) is 29.5 Å². The van der Waals surface area contributed by atoms with Gasteiger partial charge in [0.05, 0.1) is 4.92 Å². The molecule has 2 aromatic rings. The van der Waals surface area contributed by atoms with Crippen molar-refractivity contribution in [3.05, 3.63) is 45.6 Å². The van der Waals surface area contributed by atoms with E-state index in [9.17, 15) is 10.1 Å². The number of hydrogen-bond acceptors (Lipinski definition) is 5. The van der Waals surface area contributed by atoms with Gasteiger partial charge in [0.25, 0.3) is 5.69 Å². The summed E-state index contributed by atoms with van der Waals surface area (Å²) in [6, 6.07) is 6.33. The van der Waals surface area contributed by atoms with Gasteiger partial charge in [-0.25, -0.2) is 9.97 Å². The highest BCUT2D eigenvalue weighted by Crippen LogP contribution is 2.25. The lowest BCUT2D eigenvalue weighted by atomic mass is 10.1. The van der Waals surface area contributed by atoms with Crippen LogP contribution in [0, 0.1) is 17.0 Å². The summed E-state index contributed by atoms with van der Waals surface area (Å²) in [5, 5.41) is 10.8. The van der Waals surface area contributed by atoms with Gasteiger partial charge in [-0.15, -0.1) is 0 Å². The zero-order valence-electron chi connectivity index (χ0n) is 10.8. The number of hydrogen-bond donors (Lipinski definition) is 1. The molecule has 1 heterocycles. The molecule has 0 aliphatic carbocycles. The molecule has 2 rings (SSSR count). The Labute approximate surface area is 110 Å². The molecule has 0 atom stereocenters. The van der Waals surface area contributed by atoms with Crippen LogP contribution in [0.5, 0.6) is 0 Å². The maximum atomic E-state index is 10.8. The Balaban J connectivity index is 2.60. The van der Waals surface area contributed by atoms with Gasteiger partial charge in [-0.1, -0.05) is 13.0 Å². The lowest BCUT2D eigenvalue weighted by Gasteiger charge is -2.07. The van der Waals surface area contributed by atoms with Crippen molar-refractivity contribution in [2.24, 2.45) is 0 Å². The molecule has 1 aromatic heterocycles. The zero-order valence-corrected chi connectivity index (χ0v) is 10.8. The van der Waals surface area contributed by atoms with Crippen LogP contribution in [0.3, 0.4) is 0 Å². The largest absolute Gasteiger partial charge is 0.384 e. The molecule has 0 aliphatic heterocycles. The Kier molecular flexibility index (Phi) is 3.41. The molecular formula is C13H14N4O2. The van der Waals surface area contributed by atoms with Gasteiger partial charge in [0.1, 0.15) is 5.82 Å². The molecule has 0 spiro atoms. The first-order valence-electron chi connectivity index (χ1n) is 5.90. The standard InChI is InChI=1S/C13H14N4O2/c1-3-9-6-12(14)16-13(15-9)11-7-10(17(18)19)5-4-8(11)2/h4-7H,3H2,1-2H3,(H2,14,15,16). The van der Waals surface area contributed by atoms with Crippen LogP contribution in [-0.4, -0.2) is 14.9 Å². The Morgan fingerprint density at radius 3 is 2.68 bits per heavy atom.